The molecule has 4 heteroatoms. The predicted molar refractivity (Wildman–Crippen MR) is 85.1 cm³/mol. The van der Waals surface area contributed by atoms with E-state index in [0.717, 1.165) is 18.4 Å². The minimum atomic E-state index is 0.551. The van der Waals surface area contributed by atoms with Crippen molar-refractivity contribution < 1.29 is 0 Å². The van der Waals surface area contributed by atoms with Crippen molar-refractivity contribution in [1.82, 2.24) is 9.78 Å². The minimum absolute atomic E-state index is 0.551. The summed E-state index contributed by atoms with van der Waals surface area (Å²) in [5.74, 6) is 4.46. The lowest BCUT2D eigenvalue weighted by Crippen LogP contribution is -2.31. The first kappa shape index (κ1) is 13.2. The van der Waals surface area contributed by atoms with E-state index in [0.29, 0.717) is 17.9 Å². The van der Waals surface area contributed by atoms with Gasteiger partial charge in [0.2, 0.25) is 0 Å². The summed E-state index contributed by atoms with van der Waals surface area (Å²) < 4.78 is 3.53. The minimum Gasteiger partial charge on any atom is -0.369 e. The lowest BCUT2D eigenvalue weighted by molar-refractivity contribution is 0.308. The summed E-state index contributed by atoms with van der Waals surface area (Å²) in [5, 5.41) is 8.65. The molecule has 0 spiro atoms. The van der Waals surface area contributed by atoms with Gasteiger partial charge in [-0.25, -0.2) is 4.68 Å². The first-order valence-electron chi connectivity index (χ1n) is 8.20. The SMILES string of the molecule is CCC1C(C)CNc2c(Br)c(C3CC4CCC3C4)nn21. The Morgan fingerprint density at radius 2 is 2.20 bits per heavy atom. The number of aromatic nitrogens is 2. The van der Waals surface area contributed by atoms with Crippen LogP contribution in [0.15, 0.2) is 4.47 Å². The fourth-order valence-electron chi connectivity index (χ4n) is 4.86. The molecule has 5 unspecified atom stereocenters. The zero-order valence-electron chi connectivity index (χ0n) is 12.4. The molecule has 3 nitrogen and oxygen atoms in total. The molecule has 4 rings (SSSR count). The number of hydrogen-bond acceptors (Lipinski definition) is 2. The van der Waals surface area contributed by atoms with Crippen molar-refractivity contribution in [2.75, 3.05) is 11.9 Å². The highest BCUT2D eigenvalue weighted by atomic mass is 79.9. The lowest BCUT2D eigenvalue weighted by atomic mass is 9.86. The first-order valence-corrected chi connectivity index (χ1v) is 9.00. The van der Waals surface area contributed by atoms with Gasteiger partial charge in [-0.15, -0.1) is 0 Å². The number of hydrogen-bond donors (Lipinski definition) is 1. The number of fused-ring (bicyclic) bond motifs is 3. The molecule has 0 amide bonds. The van der Waals surface area contributed by atoms with Gasteiger partial charge in [0.25, 0.3) is 0 Å². The summed E-state index contributed by atoms with van der Waals surface area (Å²) in [5.41, 5.74) is 1.34. The quantitative estimate of drug-likeness (QED) is 0.857. The van der Waals surface area contributed by atoms with E-state index in [2.05, 4.69) is 39.8 Å². The third kappa shape index (κ3) is 1.79. The topological polar surface area (TPSA) is 29.9 Å². The van der Waals surface area contributed by atoms with E-state index in [1.54, 1.807) is 0 Å². The van der Waals surface area contributed by atoms with Crippen LogP contribution in [-0.2, 0) is 0 Å². The Balaban J connectivity index is 1.72. The molecule has 0 saturated heterocycles. The number of halogens is 1. The van der Waals surface area contributed by atoms with Gasteiger partial charge >= 0.3 is 0 Å². The third-order valence-electron chi connectivity index (χ3n) is 5.95. The molecule has 1 aromatic rings. The summed E-state index contributed by atoms with van der Waals surface area (Å²) >= 11 is 3.85. The molecule has 110 valence electrons. The van der Waals surface area contributed by atoms with Crippen LogP contribution in [0.5, 0.6) is 0 Å². The molecule has 2 fully saturated rings. The highest BCUT2D eigenvalue weighted by Gasteiger charge is 2.43. The Labute approximate surface area is 129 Å². The molecule has 1 N–H and O–H groups in total. The van der Waals surface area contributed by atoms with Crippen LogP contribution < -0.4 is 5.32 Å². The first-order chi connectivity index (χ1) is 9.69. The van der Waals surface area contributed by atoms with Crippen molar-refractivity contribution in [2.45, 2.75) is 57.9 Å². The number of rotatable bonds is 2. The summed E-state index contributed by atoms with van der Waals surface area (Å²) in [4.78, 5) is 0. The van der Waals surface area contributed by atoms with Crippen LogP contribution in [0.1, 0.15) is 63.6 Å². The van der Waals surface area contributed by atoms with Gasteiger partial charge in [-0.05, 0) is 59.4 Å². The maximum Gasteiger partial charge on any atom is 0.139 e. The second-order valence-electron chi connectivity index (χ2n) is 7.11. The van der Waals surface area contributed by atoms with E-state index in [9.17, 15) is 0 Å². The largest absolute Gasteiger partial charge is 0.369 e. The van der Waals surface area contributed by atoms with Gasteiger partial charge in [0.1, 0.15) is 5.82 Å². The Kier molecular flexibility index (Phi) is 3.13. The number of nitrogens with zero attached hydrogens (tertiary/aromatic N) is 2. The molecule has 5 atom stereocenters. The van der Waals surface area contributed by atoms with E-state index < -0.39 is 0 Å². The van der Waals surface area contributed by atoms with E-state index >= 15 is 0 Å². The average Bonchev–Trinajstić information content (AvgIpc) is 3.13. The average molecular weight is 338 g/mol. The summed E-state index contributed by atoms with van der Waals surface area (Å²) in [6.07, 6.45) is 6.86. The highest BCUT2D eigenvalue weighted by Crippen LogP contribution is 2.54. The number of anilines is 1. The zero-order chi connectivity index (χ0) is 13.9. The van der Waals surface area contributed by atoms with Crippen LogP contribution in [0.25, 0.3) is 0 Å². The van der Waals surface area contributed by atoms with Crippen LogP contribution >= 0.6 is 15.9 Å². The highest BCUT2D eigenvalue weighted by molar-refractivity contribution is 9.10. The maximum atomic E-state index is 5.06. The summed E-state index contributed by atoms with van der Waals surface area (Å²) in [6, 6.07) is 0.551. The van der Waals surface area contributed by atoms with Gasteiger partial charge in [-0.2, -0.15) is 5.10 Å². The second-order valence-corrected chi connectivity index (χ2v) is 7.90. The van der Waals surface area contributed by atoms with E-state index in [1.807, 2.05) is 0 Å². The fourth-order valence-corrected chi connectivity index (χ4v) is 5.55. The standard InChI is InChI=1S/C16H24BrN3/c1-3-13-9(2)8-18-16-14(17)15(19-20(13)16)12-7-10-4-5-11(12)6-10/h9-13,18H,3-8H2,1-2H3. The monoisotopic (exact) mass is 337 g/mol. The van der Waals surface area contributed by atoms with Gasteiger partial charge in [-0.1, -0.05) is 20.3 Å². The summed E-state index contributed by atoms with van der Waals surface area (Å²) in [7, 11) is 0. The van der Waals surface area contributed by atoms with Crippen molar-refractivity contribution in [2.24, 2.45) is 17.8 Å². The van der Waals surface area contributed by atoms with Gasteiger partial charge in [-0.3, -0.25) is 0 Å². The molecule has 2 aliphatic carbocycles. The Bertz CT molecular complexity index is 524. The van der Waals surface area contributed by atoms with Gasteiger partial charge in [0.05, 0.1) is 16.2 Å². The molecule has 0 aromatic carbocycles. The molecular formula is C16H24BrN3. The van der Waals surface area contributed by atoms with Crippen LogP contribution in [0.4, 0.5) is 5.82 Å². The van der Waals surface area contributed by atoms with Crippen molar-refractivity contribution in [1.29, 1.82) is 0 Å². The summed E-state index contributed by atoms with van der Waals surface area (Å²) in [6.45, 7) is 5.68. The van der Waals surface area contributed by atoms with E-state index in [-0.39, 0.29) is 0 Å². The van der Waals surface area contributed by atoms with Crippen LogP contribution in [0.2, 0.25) is 0 Å². The Hall–Kier alpha value is -0.510. The molecular weight excluding hydrogens is 314 g/mol. The van der Waals surface area contributed by atoms with E-state index in [4.69, 9.17) is 5.10 Å². The van der Waals surface area contributed by atoms with Crippen molar-refractivity contribution in [3.63, 3.8) is 0 Å². The van der Waals surface area contributed by atoms with Crippen LogP contribution in [0.3, 0.4) is 0 Å². The molecule has 20 heavy (non-hydrogen) atoms. The molecule has 2 bridgehead atoms. The molecule has 3 aliphatic rings. The number of nitrogens with one attached hydrogen (secondary N) is 1. The Morgan fingerprint density at radius 3 is 2.85 bits per heavy atom. The zero-order valence-corrected chi connectivity index (χ0v) is 14.0. The van der Waals surface area contributed by atoms with Gasteiger partial charge in [0.15, 0.2) is 0 Å². The maximum absolute atomic E-state index is 5.06. The molecule has 0 radical (unpaired) electrons. The Morgan fingerprint density at radius 1 is 1.35 bits per heavy atom. The predicted octanol–water partition coefficient (Wildman–Crippen LogP) is 4.56. The van der Waals surface area contributed by atoms with Crippen molar-refractivity contribution in [3.8, 4) is 0 Å². The fraction of sp³-hybridized carbons (Fsp3) is 0.812. The molecule has 2 saturated carbocycles. The van der Waals surface area contributed by atoms with Crippen molar-refractivity contribution >= 4 is 21.7 Å². The molecule has 1 aliphatic heterocycles. The normalized spacial score (nSPS) is 38.9. The van der Waals surface area contributed by atoms with Gasteiger partial charge < -0.3 is 5.32 Å². The molecule has 1 aromatic heterocycles. The van der Waals surface area contributed by atoms with Crippen molar-refractivity contribution in [3.05, 3.63) is 10.2 Å². The van der Waals surface area contributed by atoms with Crippen LogP contribution in [-0.4, -0.2) is 16.3 Å². The van der Waals surface area contributed by atoms with Crippen LogP contribution in [0, 0.1) is 17.8 Å². The molecule has 2 heterocycles. The lowest BCUT2D eigenvalue weighted by Gasteiger charge is -2.30. The second kappa shape index (κ2) is 4.75. The third-order valence-corrected chi connectivity index (χ3v) is 6.73. The smallest absolute Gasteiger partial charge is 0.139 e. The van der Waals surface area contributed by atoms with E-state index in [1.165, 1.54) is 48.1 Å². The van der Waals surface area contributed by atoms with Gasteiger partial charge in [0, 0.05) is 12.5 Å².